The summed E-state index contributed by atoms with van der Waals surface area (Å²) >= 11 is 0. The van der Waals surface area contributed by atoms with E-state index in [4.69, 9.17) is 0 Å². The molecule has 0 aliphatic carbocycles. The van der Waals surface area contributed by atoms with E-state index in [9.17, 15) is 4.79 Å². The molecule has 0 unspecified atom stereocenters. The zero-order valence-corrected chi connectivity index (χ0v) is 9.44. The number of hydrogen-bond donors (Lipinski definition) is 2. The fourth-order valence-electron chi connectivity index (χ4n) is 1.69. The Morgan fingerprint density at radius 1 is 1.50 bits per heavy atom. The van der Waals surface area contributed by atoms with Gasteiger partial charge in [-0.05, 0) is 13.1 Å². The van der Waals surface area contributed by atoms with E-state index >= 15 is 0 Å². The van der Waals surface area contributed by atoms with Gasteiger partial charge in [0.2, 0.25) is 5.91 Å². The molecule has 6 nitrogen and oxygen atoms in total. The number of hydrogen-bond acceptors (Lipinski definition) is 4. The van der Waals surface area contributed by atoms with E-state index in [0.29, 0.717) is 6.42 Å². The Bertz CT molecular complexity index is 329. The normalized spacial score (nSPS) is 18.6. The summed E-state index contributed by atoms with van der Waals surface area (Å²) < 4.78 is 0. The fraction of sp³-hybridized carbons (Fsp3) is 0.600. The fourth-order valence-corrected chi connectivity index (χ4v) is 1.69. The van der Waals surface area contributed by atoms with Crippen LogP contribution in [0, 0.1) is 0 Å². The van der Waals surface area contributed by atoms with E-state index in [1.807, 2.05) is 11.1 Å². The van der Waals surface area contributed by atoms with E-state index in [1.54, 1.807) is 6.20 Å². The minimum Gasteiger partial charge on any atom is -0.304 e. The highest BCUT2D eigenvalue weighted by Crippen LogP contribution is 1.97. The van der Waals surface area contributed by atoms with Gasteiger partial charge in [0.25, 0.3) is 0 Å². The monoisotopic (exact) mass is 223 g/mol. The lowest BCUT2D eigenvalue weighted by Crippen LogP contribution is -2.52. The van der Waals surface area contributed by atoms with Crippen LogP contribution >= 0.6 is 0 Å². The summed E-state index contributed by atoms with van der Waals surface area (Å²) in [5, 5.41) is 8.55. The molecular formula is C10H17N5O. The van der Waals surface area contributed by atoms with Crippen molar-refractivity contribution in [3.05, 3.63) is 18.0 Å². The number of nitrogens with one attached hydrogen (secondary N) is 2. The van der Waals surface area contributed by atoms with Gasteiger partial charge in [0, 0.05) is 38.1 Å². The second-order valence-corrected chi connectivity index (χ2v) is 4.08. The van der Waals surface area contributed by atoms with Crippen LogP contribution in [-0.4, -0.2) is 59.2 Å². The molecule has 0 saturated carbocycles. The highest BCUT2D eigenvalue weighted by Gasteiger charge is 2.15. The van der Waals surface area contributed by atoms with Gasteiger partial charge in [0.15, 0.2) is 0 Å². The first kappa shape index (κ1) is 11.1. The Balaban J connectivity index is 1.75. The summed E-state index contributed by atoms with van der Waals surface area (Å²) in [6.45, 7) is 3.74. The van der Waals surface area contributed by atoms with E-state index in [1.165, 1.54) is 0 Å². The van der Waals surface area contributed by atoms with Gasteiger partial charge >= 0.3 is 0 Å². The van der Waals surface area contributed by atoms with Gasteiger partial charge in [-0.3, -0.25) is 15.3 Å². The van der Waals surface area contributed by atoms with Gasteiger partial charge in [0.1, 0.15) is 0 Å². The van der Waals surface area contributed by atoms with E-state index in [2.05, 4.69) is 27.6 Å². The van der Waals surface area contributed by atoms with E-state index in [-0.39, 0.29) is 5.91 Å². The highest BCUT2D eigenvalue weighted by molar-refractivity contribution is 5.77. The van der Waals surface area contributed by atoms with Crippen LogP contribution < -0.4 is 5.43 Å². The Labute approximate surface area is 94.6 Å². The Hall–Kier alpha value is -1.40. The second kappa shape index (κ2) is 5.09. The van der Waals surface area contributed by atoms with Gasteiger partial charge in [-0.15, -0.1) is 0 Å². The maximum atomic E-state index is 11.6. The molecule has 2 rings (SSSR count). The van der Waals surface area contributed by atoms with Crippen LogP contribution in [0.4, 0.5) is 0 Å². The van der Waals surface area contributed by atoms with Crippen LogP contribution in [0.15, 0.2) is 12.3 Å². The molecule has 0 spiro atoms. The van der Waals surface area contributed by atoms with Crippen molar-refractivity contribution in [3.8, 4) is 0 Å². The maximum absolute atomic E-state index is 11.6. The number of hydrazine groups is 1. The molecule has 0 radical (unpaired) electrons. The number of nitrogens with zero attached hydrogens (tertiary/aromatic N) is 3. The van der Waals surface area contributed by atoms with Crippen LogP contribution in [0.5, 0.6) is 0 Å². The number of likely N-dealkylation sites (N-methyl/N-ethyl adjacent to an activating group) is 1. The quantitative estimate of drug-likeness (QED) is 0.706. The molecule has 16 heavy (non-hydrogen) atoms. The Morgan fingerprint density at radius 3 is 2.88 bits per heavy atom. The maximum Gasteiger partial charge on any atom is 0.240 e. The molecule has 2 N–H and O–H groups in total. The van der Waals surface area contributed by atoms with Gasteiger partial charge in [0.05, 0.1) is 6.42 Å². The first-order valence-corrected chi connectivity index (χ1v) is 5.45. The lowest BCUT2D eigenvalue weighted by atomic mass is 10.3. The smallest absolute Gasteiger partial charge is 0.240 e. The van der Waals surface area contributed by atoms with Gasteiger partial charge in [-0.2, -0.15) is 5.10 Å². The molecule has 1 aliphatic heterocycles. The molecule has 1 aliphatic rings. The molecule has 0 atom stereocenters. The third kappa shape index (κ3) is 3.04. The predicted molar refractivity (Wildman–Crippen MR) is 59.5 cm³/mol. The van der Waals surface area contributed by atoms with Crippen molar-refractivity contribution >= 4 is 5.91 Å². The van der Waals surface area contributed by atoms with Crippen molar-refractivity contribution in [3.63, 3.8) is 0 Å². The van der Waals surface area contributed by atoms with Crippen LogP contribution in [0.2, 0.25) is 0 Å². The van der Waals surface area contributed by atoms with Crippen molar-refractivity contribution in [2.45, 2.75) is 6.42 Å². The standard InChI is InChI=1S/C10H17N5O/c1-14-4-6-15(7-5-14)13-10(16)8-9-2-3-11-12-9/h2-3H,4-8H2,1H3,(H,11,12)(H,13,16). The largest absolute Gasteiger partial charge is 0.304 e. The topological polar surface area (TPSA) is 64.3 Å². The van der Waals surface area contributed by atoms with Crippen molar-refractivity contribution in [2.24, 2.45) is 0 Å². The molecule has 0 aromatic carbocycles. The third-order valence-electron chi connectivity index (χ3n) is 2.70. The number of H-pyrrole nitrogens is 1. The molecule has 1 aromatic rings. The van der Waals surface area contributed by atoms with Crippen molar-refractivity contribution in [1.82, 2.24) is 25.5 Å². The SMILES string of the molecule is CN1CCN(NC(=O)Cc2ccn[nH]2)CC1. The molecule has 88 valence electrons. The number of carbonyl (C=O) groups excluding carboxylic acids is 1. The molecule has 1 aromatic heterocycles. The zero-order valence-electron chi connectivity index (χ0n) is 9.44. The van der Waals surface area contributed by atoms with Gasteiger partial charge in [-0.1, -0.05) is 0 Å². The minimum absolute atomic E-state index is 0.00815. The average molecular weight is 223 g/mol. The summed E-state index contributed by atoms with van der Waals surface area (Å²) in [6.07, 6.45) is 2.00. The number of aromatic nitrogens is 2. The van der Waals surface area contributed by atoms with E-state index < -0.39 is 0 Å². The van der Waals surface area contributed by atoms with Crippen molar-refractivity contribution in [2.75, 3.05) is 33.2 Å². The predicted octanol–water partition coefficient (Wildman–Crippen LogP) is -0.769. The summed E-state index contributed by atoms with van der Waals surface area (Å²) in [5.74, 6) is 0.00815. The number of rotatable bonds is 3. The van der Waals surface area contributed by atoms with Crippen molar-refractivity contribution in [1.29, 1.82) is 0 Å². The summed E-state index contributed by atoms with van der Waals surface area (Å²) in [4.78, 5) is 13.9. The third-order valence-corrected chi connectivity index (χ3v) is 2.70. The van der Waals surface area contributed by atoms with Crippen LogP contribution in [0.1, 0.15) is 5.69 Å². The number of aromatic amines is 1. The molecule has 0 bridgehead atoms. The molecule has 1 fully saturated rings. The lowest BCUT2D eigenvalue weighted by molar-refractivity contribution is -0.126. The van der Waals surface area contributed by atoms with Gasteiger partial charge < -0.3 is 4.90 Å². The first-order chi connectivity index (χ1) is 7.74. The minimum atomic E-state index is 0.00815. The highest BCUT2D eigenvalue weighted by atomic mass is 16.2. The molecular weight excluding hydrogens is 206 g/mol. The second-order valence-electron chi connectivity index (χ2n) is 4.08. The molecule has 2 heterocycles. The van der Waals surface area contributed by atoms with Crippen LogP contribution in [-0.2, 0) is 11.2 Å². The molecule has 6 heteroatoms. The number of amides is 1. The van der Waals surface area contributed by atoms with Crippen LogP contribution in [0.25, 0.3) is 0 Å². The molecule has 1 amide bonds. The first-order valence-electron chi connectivity index (χ1n) is 5.45. The number of piperazine rings is 1. The zero-order chi connectivity index (χ0) is 11.4. The van der Waals surface area contributed by atoms with Crippen LogP contribution in [0.3, 0.4) is 0 Å². The Kier molecular flexibility index (Phi) is 3.53. The molecule has 1 saturated heterocycles. The van der Waals surface area contributed by atoms with E-state index in [0.717, 1.165) is 31.9 Å². The summed E-state index contributed by atoms with van der Waals surface area (Å²) in [7, 11) is 2.09. The lowest BCUT2D eigenvalue weighted by Gasteiger charge is -2.32. The summed E-state index contributed by atoms with van der Waals surface area (Å²) in [5.41, 5.74) is 3.74. The summed E-state index contributed by atoms with van der Waals surface area (Å²) in [6, 6.07) is 1.81. The number of carbonyl (C=O) groups is 1. The average Bonchev–Trinajstić information content (AvgIpc) is 2.74. The van der Waals surface area contributed by atoms with Gasteiger partial charge in [-0.25, -0.2) is 5.01 Å². The van der Waals surface area contributed by atoms with Crippen molar-refractivity contribution < 1.29 is 4.79 Å². The Morgan fingerprint density at radius 2 is 2.25 bits per heavy atom.